The van der Waals surface area contributed by atoms with E-state index in [9.17, 15) is 5.11 Å². The first-order valence-electron chi connectivity index (χ1n) is 6.27. The van der Waals surface area contributed by atoms with Gasteiger partial charge >= 0.3 is 0 Å². The van der Waals surface area contributed by atoms with Gasteiger partial charge in [-0.05, 0) is 30.8 Å². The van der Waals surface area contributed by atoms with Crippen molar-refractivity contribution >= 4 is 21.4 Å². The monoisotopic (exact) mass is 245 g/mol. The lowest BCUT2D eigenvalue weighted by Crippen LogP contribution is -2.37. The summed E-state index contributed by atoms with van der Waals surface area (Å²) in [7, 11) is 0. The lowest BCUT2D eigenvalue weighted by atomic mass is 9.94. The zero-order valence-electron chi connectivity index (χ0n) is 9.60. The molecule has 1 fully saturated rings. The van der Waals surface area contributed by atoms with Crippen LogP contribution in [0.3, 0.4) is 0 Å². The van der Waals surface area contributed by atoms with Crippen LogP contribution in [-0.2, 0) is 6.54 Å². The highest BCUT2D eigenvalue weighted by Crippen LogP contribution is 2.44. The first kappa shape index (κ1) is 10.1. The Morgan fingerprint density at radius 1 is 1.29 bits per heavy atom. The van der Waals surface area contributed by atoms with Crippen molar-refractivity contribution in [2.24, 2.45) is 0 Å². The van der Waals surface area contributed by atoms with E-state index in [0.717, 1.165) is 19.5 Å². The molecule has 2 aliphatic heterocycles. The third kappa shape index (κ3) is 1.33. The average molecular weight is 245 g/mol. The van der Waals surface area contributed by atoms with E-state index in [-0.39, 0.29) is 6.10 Å². The van der Waals surface area contributed by atoms with Gasteiger partial charge in [-0.2, -0.15) is 0 Å². The molecule has 0 bridgehead atoms. The minimum Gasteiger partial charge on any atom is -0.387 e. The van der Waals surface area contributed by atoms with E-state index in [2.05, 4.69) is 29.2 Å². The van der Waals surface area contributed by atoms with Crippen LogP contribution in [0, 0.1) is 0 Å². The molecular weight excluding hydrogens is 230 g/mol. The lowest BCUT2D eigenvalue weighted by molar-refractivity contribution is 0.0562. The molecule has 1 N–H and O–H groups in total. The molecule has 4 rings (SSSR count). The molecule has 0 spiro atoms. The Bertz CT molecular complexity index is 577. The summed E-state index contributed by atoms with van der Waals surface area (Å²) in [6.07, 6.45) is 2.09. The van der Waals surface area contributed by atoms with Gasteiger partial charge in [0.25, 0.3) is 0 Å². The predicted octanol–water partition coefficient (Wildman–Crippen LogP) is 2.91. The highest BCUT2D eigenvalue weighted by Gasteiger charge is 2.38. The zero-order valence-corrected chi connectivity index (χ0v) is 10.4. The van der Waals surface area contributed by atoms with Gasteiger partial charge in [0.1, 0.15) is 0 Å². The smallest absolute Gasteiger partial charge is 0.0962 e. The van der Waals surface area contributed by atoms with Crippen molar-refractivity contribution in [3.05, 3.63) is 34.7 Å². The molecule has 2 atom stereocenters. The minimum atomic E-state index is -0.280. The Balaban J connectivity index is 1.94. The maximum atomic E-state index is 10.6. The number of rotatable bonds is 0. The first-order chi connectivity index (χ1) is 8.34. The topological polar surface area (TPSA) is 23.5 Å². The Morgan fingerprint density at radius 2 is 2.18 bits per heavy atom. The third-order valence-electron chi connectivity index (χ3n) is 4.13. The minimum absolute atomic E-state index is 0.280. The van der Waals surface area contributed by atoms with Crippen molar-refractivity contribution in [3.63, 3.8) is 0 Å². The van der Waals surface area contributed by atoms with Crippen LogP contribution in [0.25, 0.3) is 10.1 Å². The Morgan fingerprint density at radius 3 is 3.12 bits per heavy atom. The number of hydrogen-bond donors (Lipinski definition) is 1. The Labute approximate surface area is 104 Å². The Hall–Kier alpha value is -0.900. The molecule has 3 heteroatoms. The van der Waals surface area contributed by atoms with Crippen molar-refractivity contribution in [2.75, 3.05) is 6.54 Å². The fourth-order valence-electron chi connectivity index (χ4n) is 3.34. The van der Waals surface area contributed by atoms with Gasteiger partial charge in [0, 0.05) is 27.7 Å². The van der Waals surface area contributed by atoms with E-state index < -0.39 is 0 Å². The van der Waals surface area contributed by atoms with Crippen LogP contribution in [0.1, 0.15) is 29.4 Å². The second kappa shape index (κ2) is 3.55. The molecule has 0 aliphatic carbocycles. The van der Waals surface area contributed by atoms with Crippen molar-refractivity contribution < 1.29 is 5.11 Å². The average Bonchev–Trinajstić information content (AvgIpc) is 2.92. The predicted molar refractivity (Wildman–Crippen MR) is 70.2 cm³/mol. The van der Waals surface area contributed by atoms with Gasteiger partial charge in [-0.3, -0.25) is 4.90 Å². The number of thiophene rings is 1. The molecule has 0 saturated carbocycles. The molecule has 3 heterocycles. The summed E-state index contributed by atoms with van der Waals surface area (Å²) >= 11 is 1.85. The molecular formula is C14H15NOS. The first-order valence-corrected chi connectivity index (χ1v) is 7.08. The van der Waals surface area contributed by atoms with Gasteiger partial charge in [0.15, 0.2) is 0 Å². The fourth-order valence-corrected chi connectivity index (χ4v) is 4.61. The van der Waals surface area contributed by atoms with Crippen molar-refractivity contribution in [1.82, 2.24) is 4.90 Å². The molecule has 2 aromatic rings. The number of fused-ring (bicyclic) bond motifs is 4. The molecule has 0 unspecified atom stereocenters. The molecule has 0 radical (unpaired) electrons. The van der Waals surface area contributed by atoms with Crippen molar-refractivity contribution in [2.45, 2.75) is 31.5 Å². The lowest BCUT2D eigenvalue weighted by Gasteiger charge is -2.33. The van der Waals surface area contributed by atoms with Crippen LogP contribution in [0.5, 0.6) is 0 Å². The largest absolute Gasteiger partial charge is 0.387 e. The number of benzene rings is 1. The van der Waals surface area contributed by atoms with Gasteiger partial charge in [-0.15, -0.1) is 11.3 Å². The molecule has 1 aromatic heterocycles. The Kier molecular flexibility index (Phi) is 2.10. The van der Waals surface area contributed by atoms with Crippen LogP contribution in [-0.4, -0.2) is 22.6 Å². The number of hydrogen-bond acceptors (Lipinski definition) is 3. The third-order valence-corrected chi connectivity index (χ3v) is 5.30. The molecule has 88 valence electrons. The number of aliphatic hydroxyl groups excluding tert-OH is 1. The zero-order chi connectivity index (χ0) is 11.4. The molecule has 2 aliphatic rings. The summed E-state index contributed by atoms with van der Waals surface area (Å²) in [4.78, 5) is 3.82. The molecule has 2 nitrogen and oxygen atoms in total. The fraction of sp³-hybridized carbons (Fsp3) is 0.429. The second-order valence-electron chi connectivity index (χ2n) is 5.06. The molecule has 17 heavy (non-hydrogen) atoms. The summed E-state index contributed by atoms with van der Waals surface area (Å²) in [5, 5.41) is 11.9. The summed E-state index contributed by atoms with van der Waals surface area (Å²) in [6, 6.07) is 8.83. The summed E-state index contributed by atoms with van der Waals surface area (Å²) in [5.74, 6) is 0. The number of nitrogens with zero attached hydrogens (tertiary/aromatic N) is 1. The molecule has 1 aromatic carbocycles. The van der Waals surface area contributed by atoms with Crippen molar-refractivity contribution in [3.8, 4) is 0 Å². The van der Waals surface area contributed by atoms with Crippen LogP contribution >= 0.6 is 11.3 Å². The highest BCUT2D eigenvalue weighted by atomic mass is 32.1. The maximum absolute atomic E-state index is 10.6. The van der Waals surface area contributed by atoms with Gasteiger partial charge in [-0.1, -0.05) is 18.2 Å². The summed E-state index contributed by atoms with van der Waals surface area (Å²) in [6.45, 7) is 2.19. The van der Waals surface area contributed by atoms with Crippen LogP contribution < -0.4 is 0 Å². The highest BCUT2D eigenvalue weighted by molar-refractivity contribution is 7.19. The van der Waals surface area contributed by atoms with E-state index >= 15 is 0 Å². The number of aliphatic hydroxyl groups is 1. The van der Waals surface area contributed by atoms with Crippen LogP contribution in [0.4, 0.5) is 0 Å². The van der Waals surface area contributed by atoms with E-state index in [1.54, 1.807) is 0 Å². The second-order valence-corrected chi connectivity index (χ2v) is 6.20. The molecule has 1 saturated heterocycles. The normalized spacial score (nSPS) is 28.3. The van der Waals surface area contributed by atoms with E-state index in [4.69, 9.17) is 0 Å². The summed E-state index contributed by atoms with van der Waals surface area (Å²) in [5.41, 5.74) is 1.22. The quantitative estimate of drug-likeness (QED) is 0.771. The van der Waals surface area contributed by atoms with E-state index in [1.807, 2.05) is 11.3 Å². The van der Waals surface area contributed by atoms with E-state index in [1.165, 1.54) is 26.9 Å². The van der Waals surface area contributed by atoms with E-state index in [0.29, 0.717) is 6.04 Å². The van der Waals surface area contributed by atoms with Gasteiger partial charge in [0.2, 0.25) is 0 Å². The molecule has 0 amide bonds. The van der Waals surface area contributed by atoms with Gasteiger partial charge in [-0.25, -0.2) is 0 Å². The maximum Gasteiger partial charge on any atom is 0.0962 e. The van der Waals surface area contributed by atoms with Gasteiger partial charge in [0.05, 0.1) is 6.10 Å². The van der Waals surface area contributed by atoms with Crippen LogP contribution in [0.15, 0.2) is 24.3 Å². The van der Waals surface area contributed by atoms with Gasteiger partial charge < -0.3 is 5.11 Å². The SMILES string of the molecule is O[C@@H]1c2c(sc3ccccc23)CN2CCC[C@@H]12. The van der Waals surface area contributed by atoms with Crippen LogP contribution in [0.2, 0.25) is 0 Å². The standard InChI is InChI=1S/C14H15NOS/c16-14-10-5-3-7-15(10)8-12-13(14)9-4-1-2-6-11(9)17-12/h1-2,4,6,10,14,16H,3,5,7-8H2/t10-,14-/m0/s1. The van der Waals surface area contributed by atoms with Crippen molar-refractivity contribution in [1.29, 1.82) is 0 Å². The summed E-state index contributed by atoms with van der Waals surface area (Å²) < 4.78 is 1.32.